The fraction of sp³-hybridized carbons (Fsp3) is 0.600. The standard InChI is InChI=1S/C10H15N3O3S/c11-9-5-8(12-13-10(9)14)4-7-2-1-3-17(15,16)6-7/h5,7H,1-4,6H2,(H2,11,12)(H,13,14). The molecule has 0 amide bonds. The molecule has 0 bridgehead atoms. The molecule has 0 saturated carbocycles. The van der Waals surface area contributed by atoms with Gasteiger partial charge in [0.25, 0.3) is 5.56 Å². The molecule has 0 aliphatic carbocycles. The minimum atomic E-state index is -2.90. The molecule has 3 N–H and O–H groups in total. The number of aromatic amines is 1. The zero-order chi connectivity index (χ0) is 12.5. The van der Waals surface area contributed by atoms with Crippen LogP contribution in [0.3, 0.4) is 0 Å². The lowest BCUT2D eigenvalue weighted by atomic mass is 9.99. The van der Waals surface area contributed by atoms with Crippen LogP contribution in [0.15, 0.2) is 10.9 Å². The first-order valence-electron chi connectivity index (χ1n) is 5.51. The number of nitrogens with one attached hydrogen (secondary N) is 1. The van der Waals surface area contributed by atoms with Crippen LogP contribution in [0.1, 0.15) is 18.5 Å². The number of hydrogen-bond acceptors (Lipinski definition) is 5. The molecule has 6 nitrogen and oxygen atoms in total. The molecule has 7 heteroatoms. The van der Waals surface area contributed by atoms with Crippen LogP contribution < -0.4 is 11.3 Å². The summed E-state index contributed by atoms with van der Waals surface area (Å²) in [6.45, 7) is 0. The van der Waals surface area contributed by atoms with Gasteiger partial charge in [0.2, 0.25) is 0 Å². The molecule has 1 unspecified atom stereocenters. The molecule has 1 aliphatic heterocycles. The number of anilines is 1. The van der Waals surface area contributed by atoms with Crippen LogP contribution >= 0.6 is 0 Å². The first kappa shape index (κ1) is 12.1. The van der Waals surface area contributed by atoms with Crippen molar-refractivity contribution in [3.8, 4) is 0 Å². The fourth-order valence-electron chi connectivity index (χ4n) is 2.14. The average molecular weight is 257 g/mol. The van der Waals surface area contributed by atoms with Crippen LogP contribution in [0.4, 0.5) is 5.69 Å². The largest absolute Gasteiger partial charge is 0.394 e. The average Bonchev–Trinajstić information content (AvgIpc) is 2.22. The molecule has 2 rings (SSSR count). The Morgan fingerprint density at radius 2 is 2.29 bits per heavy atom. The number of rotatable bonds is 2. The summed E-state index contributed by atoms with van der Waals surface area (Å²) < 4.78 is 22.9. The lowest BCUT2D eigenvalue weighted by molar-refractivity contribution is 0.478. The summed E-state index contributed by atoms with van der Waals surface area (Å²) in [6.07, 6.45) is 2.12. The van der Waals surface area contributed by atoms with E-state index in [2.05, 4.69) is 10.2 Å². The molecule has 1 aliphatic rings. The van der Waals surface area contributed by atoms with Crippen molar-refractivity contribution in [2.24, 2.45) is 5.92 Å². The maximum Gasteiger partial charge on any atom is 0.287 e. The number of aromatic nitrogens is 2. The lowest BCUT2D eigenvalue weighted by Gasteiger charge is -2.21. The third-order valence-electron chi connectivity index (χ3n) is 2.94. The molecule has 0 spiro atoms. The molecule has 2 heterocycles. The fourth-order valence-corrected chi connectivity index (χ4v) is 3.92. The second-order valence-electron chi connectivity index (χ2n) is 4.47. The normalized spacial score (nSPS) is 23.4. The van der Waals surface area contributed by atoms with E-state index in [1.807, 2.05) is 0 Å². The molecule has 1 fully saturated rings. The topological polar surface area (TPSA) is 106 Å². The van der Waals surface area contributed by atoms with Crippen LogP contribution in [0.25, 0.3) is 0 Å². The van der Waals surface area contributed by atoms with Crippen molar-refractivity contribution in [1.29, 1.82) is 0 Å². The molecule has 0 radical (unpaired) electrons. The maximum atomic E-state index is 11.5. The van der Waals surface area contributed by atoms with Crippen molar-refractivity contribution < 1.29 is 8.42 Å². The Bertz CT molecular complexity index is 564. The zero-order valence-corrected chi connectivity index (χ0v) is 10.2. The van der Waals surface area contributed by atoms with Gasteiger partial charge in [0.05, 0.1) is 17.2 Å². The zero-order valence-electron chi connectivity index (χ0n) is 9.35. The number of nitrogens with zero attached hydrogens (tertiary/aromatic N) is 1. The number of nitrogens with two attached hydrogens (primary N) is 1. The van der Waals surface area contributed by atoms with E-state index in [4.69, 9.17) is 5.73 Å². The molecule has 1 atom stereocenters. The Kier molecular flexibility index (Phi) is 3.19. The first-order valence-corrected chi connectivity index (χ1v) is 7.33. The Balaban J connectivity index is 2.10. The summed E-state index contributed by atoms with van der Waals surface area (Å²) in [7, 11) is -2.90. The van der Waals surface area contributed by atoms with Crippen molar-refractivity contribution in [3.63, 3.8) is 0 Å². The van der Waals surface area contributed by atoms with Crippen molar-refractivity contribution >= 4 is 15.5 Å². The van der Waals surface area contributed by atoms with Crippen LogP contribution in [-0.2, 0) is 16.3 Å². The predicted molar refractivity (Wildman–Crippen MR) is 64.4 cm³/mol. The summed E-state index contributed by atoms with van der Waals surface area (Å²) in [6, 6.07) is 1.51. The van der Waals surface area contributed by atoms with E-state index < -0.39 is 15.4 Å². The summed E-state index contributed by atoms with van der Waals surface area (Å²) in [5, 5.41) is 6.17. The van der Waals surface area contributed by atoms with Gasteiger partial charge in [-0.05, 0) is 31.2 Å². The van der Waals surface area contributed by atoms with Gasteiger partial charge in [0.1, 0.15) is 5.69 Å². The third-order valence-corrected chi connectivity index (χ3v) is 4.83. The van der Waals surface area contributed by atoms with Gasteiger partial charge in [0.15, 0.2) is 9.84 Å². The van der Waals surface area contributed by atoms with E-state index in [9.17, 15) is 13.2 Å². The van der Waals surface area contributed by atoms with Crippen LogP contribution in [0.5, 0.6) is 0 Å². The van der Waals surface area contributed by atoms with Gasteiger partial charge in [-0.1, -0.05) is 0 Å². The molecule has 0 aromatic carbocycles. The van der Waals surface area contributed by atoms with E-state index in [1.165, 1.54) is 6.07 Å². The minimum absolute atomic E-state index is 0.0755. The smallest absolute Gasteiger partial charge is 0.287 e. The van der Waals surface area contributed by atoms with E-state index in [-0.39, 0.29) is 23.1 Å². The number of sulfone groups is 1. The Labute approximate surface area is 99.1 Å². The van der Waals surface area contributed by atoms with Crippen LogP contribution in [0.2, 0.25) is 0 Å². The monoisotopic (exact) mass is 257 g/mol. The quantitative estimate of drug-likeness (QED) is 0.758. The van der Waals surface area contributed by atoms with E-state index in [0.717, 1.165) is 6.42 Å². The van der Waals surface area contributed by atoms with Crippen molar-refractivity contribution in [2.45, 2.75) is 19.3 Å². The third kappa shape index (κ3) is 3.06. The van der Waals surface area contributed by atoms with Gasteiger partial charge < -0.3 is 5.73 Å². The summed E-state index contributed by atoms with van der Waals surface area (Å²) >= 11 is 0. The van der Waals surface area contributed by atoms with E-state index in [1.54, 1.807) is 0 Å². The summed E-state index contributed by atoms with van der Waals surface area (Å²) in [5.41, 5.74) is 5.83. The van der Waals surface area contributed by atoms with Gasteiger partial charge in [-0.3, -0.25) is 4.79 Å². The molecule has 1 aromatic rings. The first-order chi connectivity index (χ1) is 7.96. The Morgan fingerprint density at radius 3 is 2.94 bits per heavy atom. The van der Waals surface area contributed by atoms with Gasteiger partial charge >= 0.3 is 0 Å². The van der Waals surface area contributed by atoms with Crippen molar-refractivity contribution in [2.75, 3.05) is 17.2 Å². The van der Waals surface area contributed by atoms with Gasteiger partial charge in [0, 0.05) is 0 Å². The van der Waals surface area contributed by atoms with Gasteiger partial charge in [-0.2, -0.15) is 5.10 Å². The van der Waals surface area contributed by atoms with Crippen molar-refractivity contribution in [1.82, 2.24) is 10.2 Å². The second-order valence-corrected chi connectivity index (χ2v) is 6.70. The molecule has 1 saturated heterocycles. The predicted octanol–water partition coefficient (Wildman–Crippen LogP) is -0.281. The number of hydrogen-bond donors (Lipinski definition) is 2. The van der Waals surface area contributed by atoms with Gasteiger partial charge in [-0.25, -0.2) is 13.5 Å². The Hall–Kier alpha value is -1.37. The van der Waals surface area contributed by atoms with Crippen molar-refractivity contribution in [3.05, 3.63) is 22.1 Å². The molecule has 17 heavy (non-hydrogen) atoms. The van der Waals surface area contributed by atoms with Gasteiger partial charge in [-0.15, -0.1) is 0 Å². The lowest BCUT2D eigenvalue weighted by Crippen LogP contribution is -2.27. The highest BCUT2D eigenvalue weighted by atomic mass is 32.2. The van der Waals surface area contributed by atoms with Crippen LogP contribution in [-0.4, -0.2) is 30.1 Å². The molecule has 94 valence electrons. The molecule has 1 aromatic heterocycles. The maximum absolute atomic E-state index is 11.5. The summed E-state index contributed by atoms with van der Waals surface area (Å²) in [5.74, 6) is 0.560. The molecular weight excluding hydrogens is 242 g/mol. The molecular formula is C10H15N3O3S. The highest BCUT2D eigenvalue weighted by molar-refractivity contribution is 7.91. The van der Waals surface area contributed by atoms with E-state index in [0.29, 0.717) is 18.5 Å². The summed E-state index contributed by atoms with van der Waals surface area (Å²) in [4.78, 5) is 11.0. The SMILES string of the molecule is Nc1cc(CC2CCCS(=O)(=O)C2)n[nH]c1=O. The Morgan fingerprint density at radius 1 is 1.53 bits per heavy atom. The minimum Gasteiger partial charge on any atom is -0.394 e. The second kappa shape index (κ2) is 4.48. The van der Waals surface area contributed by atoms with Crippen LogP contribution in [0, 0.1) is 5.92 Å². The number of nitrogen functional groups attached to an aromatic ring is 1. The highest BCUT2D eigenvalue weighted by Crippen LogP contribution is 2.21. The van der Waals surface area contributed by atoms with E-state index >= 15 is 0 Å². The highest BCUT2D eigenvalue weighted by Gasteiger charge is 2.25. The number of H-pyrrole nitrogens is 1.